The van der Waals surface area contributed by atoms with E-state index in [-0.39, 0.29) is 24.3 Å². The quantitative estimate of drug-likeness (QED) is 0.512. The van der Waals surface area contributed by atoms with E-state index >= 15 is 0 Å². The largest absolute Gasteiger partial charge is 0.395 e. The zero-order valence-electron chi connectivity index (χ0n) is 15.6. The Morgan fingerprint density at radius 1 is 1.14 bits per heavy atom. The van der Waals surface area contributed by atoms with Crippen molar-refractivity contribution in [3.8, 4) is 11.3 Å². The van der Waals surface area contributed by atoms with Crippen LogP contribution in [0.5, 0.6) is 0 Å². The fourth-order valence-electron chi connectivity index (χ4n) is 3.53. The highest BCUT2D eigenvalue weighted by Crippen LogP contribution is 2.25. The number of hydrogen-bond donors (Lipinski definition) is 2. The molecule has 3 aromatic heterocycles. The van der Waals surface area contributed by atoms with Gasteiger partial charge in [-0.15, -0.1) is 0 Å². The number of aliphatic hydroxyl groups excluding tert-OH is 2. The summed E-state index contributed by atoms with van der Waals surface area (Å²) < 4.78 is 5.79. The molecule has 0 spiro atoms. The zero-order valence-corrected chi connectivity index (χ0v) is 15.6. The van der Waals surface area contributed by atoms with E-state index in [1.165, 1.54) is 11.5 Å². The third-order valence-corrected chi connectivity index (χ3v) is 4.78. The first-order chi connectivity index (χ1) is 13.4. The van der Waals surface area contributed by atoms with E-state index in [2.05, 4.69) is 4.98 Å². The lowest BCUT2D eigenvalue weighted by molar-refractivity contribution is 0.170. The van der Waals surface area contributed by atoms with Crippen LogP contribution in [-0.4, -0.2) is 46.0 Å². The Hall–Kier alpha value is -3.17. The molecule has 0 aliphatic rings. The summed E-state index contributed by atoms with van der Waals surface area (Å²) in [4.78, 5) is 30.1. The van der Waals surface area contributed by atoms with Crippen LogP contribution >= 0.6 is 0 Å². The van der Waals surface area contributed by atoms with Gasteiger partial charge >= 0.3 is 5.69 Å². The number of aromatic nitrogens is 5. The van der Waals surface area contributed by atoms with Gasteiger partial charge in [-0.05, 0) is 12.5 Å². The maximum absolute atomic E-state index is 13.0. The number of imidazole rings is 2. The van der Waals surface area contributed by atoms with Gasteiger partial charge in [0.25, 0.3) is 5.56 Å². The first-order valence-electron chi connectivity index (χ1n) is 8.99. The maximum atomic E-state index is 13.0. The molecule has 4 rings (SSSR count). The minimum Gasteiger partial charge on any atom is -0.395 e. The highest BCUT2D eigenvalue weighted by molar-refractivity contribution is 5.78. The predicted octanol–water partition coefficient (Wildman–Crippen LogP) is 0.190. The highest BCUT2D eigenvalue weighted by atomic mass is 16.3. The number of benzene rings is 1. The second kappa shape index (κ2) is 6.77. The van der Waals surface area contributed by atoms with E-state index in [4.69, 9.17) is 0 Å². The minimum atomic E-state index is -0.842. The SMILES string of the molecule is CC(O)Cn1c(=O)c2c(nc3n(CCO)c(-c4ccccc4)cn23)n(C)c1=O. The molecule has 0 fully saturated rings. The van der Waals surface area contributed by atoms with E-state index in [1.54, 1.807) is 17.6 Å². The van der Waals surface area contributed by atoms with Crippen molar-refractivity contribution in [2.45, 2.75) is 26.1 Å². The molecule has 0 aliphatic heterocycles. The van der Waals surface area contributed by atoms with Gasteiger partial charge in [0.15, 0.2) is 11.2 Å². The van der Waals surface area contributed by atoms with Gasteiger partial charge in [0.1, 0.15) is 0 Å². The van der Waals surface area contributed by atoms with Crippen molar-refractivity contribution in [2.24, 2.45) is 7.05 Å². The van der Waals surface area contributed by atoms with Crippen LogP contribution in [0.2, 0.25) is 0 Å². The molecule has 3 heterocycles. The van der Waals surface area contributed by atoms with Crippen LogP contribution in [0.1, 0.15) is 6.92 Å². The minimum absolute atomic E-state index is 0.0986. The first-order valence-corrected chi connectivity index (χ1v) is 8.99. The predicted molar refractivity (Wildman–Crippen MR) is 104 cm³/mol. The van der Waals surface area contributed by atoms with Crippen molar-refractivity contribution in [1.29, 1.82) is 0 Å². The van der Waals surface area contributed by atoms with Gasteiger partial charge in [0.2, 0.25) is 5.78 Å². The zero-order chi connectivity index (χ0) is 20.0. The lowest BCUT2D eigenvalue weighted by atomic mass is 10.2. The standard InChI is InChI=1S/C19H21N5O4/c1-12(26)10-24-17(27)15-16(21(2)19(24)28)20-18-22(8-9-25)14(11-23(15)18)13-6-4-3-5-7-13/h3-7,11-12,25-26H,8-10H2,1-2H3. The first kappa shape index (κ1) is 18.2. The molecule has 0 amide bonds. The molecule has 1 atom stereocenters. The number of rotatable bonds is 5. The molecule has 1 aromatic carbocycles. The van der Waals surface area contributed by atoms with Crippen LogP contribution in [0.15, 0.2) is 46.1 Å². The third kappa shape index (κ3) is 2.67. The van der Waals surface area contributed by atoms with Gasteiger partial charge in [-0.3, -0.25) is 18.3 Å². The topological polar surface area (TPSA) is 107 Å². The Morgan fingerprint density at radius 2 is 1.86 bits per heavy atom. The second-order valence-corrected chi connectivity index (χ2v) is 6.82. The molecule has 146 valence electrons. The van der Waals surface area contributed by atoms with E-state index in [1.807, 2.05) is 34.9 Å². The molecule has 0 aliphatic carbocycles. The van der Waals surface area contributed by atoms with Crippen LogP contribution < -0.4 is 11.2 Å². The summed E-state index contributed by atoms with van der Waals surface area (Å²) in [5.74, 6) is 0.463. The third-order valence-electron chi connectivity index (χ3n) is 4.78. The van der Waals surface area contributed by atoms with Crippen molar-refractivity contribution in [1.82, 2.24) is 23.1 Å². The Labute approximate surface area is 159 Å². The lowest BCUT2D eigenvalue weighted by Gasteiger charge is -2.09. The molecule has 0 saturated carbocycles. The average molecular weight is 383 g/mol. The molecule has 2 N–H and O–H groups in total. The fraction of sp³-hybridized carbons (Fsp3) is 0.316. The Balaban J connectivity index is 2.10. The molecular weight excluding hydrogens is 362 g/mol. The lowest BCUT2D eigenvalue weighted by Crippen LogP contribution is -2.41. The summed E-state index contributed by atoms with van der Waals surface area (Å²) in [6.07, 6.45) is 0.943. The molecule has 28 heavy (non-hydrogen) atoms. The van der Waals surface area contributed by atoms with E-state index in [0.29, 0.717) is 12.3 Å². The van der Waals surface area contributed by atoms with Crippen LogP contribution in [-0.2, 0) is 20.1 Å². The van der Waals surface area contributed by atoms with Gasteiger partial charge in [-0.25, -0.2) is 4.79 Å². The monoisotopic (exact) mass is 383 g/mol. The maximum Gasteiger partial charge on any atom is 0.332 e. The summed E-state index contributed by atoms with van der Waals surface area (Å²) in [5, 5.41) is 19.2. The summed E-state index contributed by atoms with van der Waals surface area (Å²) >= 11 is 0. The molecule has 1 unspecified atom stereocenters. The number of aliphatic hydroxyl groups is 2. The number of aryl methyl sites for hydroxylation is 1. The van der Waals surface area contributed by atoms with Crippen molar-refractivity contribution in [3.63, 3.8) is 0 Å². The molecule has 0 saturated heterocycles. The van der Waals surface area contributed by atoms with E-state index in [9.17, 15) is 19.8 Å². The van der Waals surface area contributed by atoms with Gasteiger partial charge in [0, 0.05) is 19.8 Å². The van der Waals surface area contributed by atoms with Crippen molar-refractivity contribution >= 4 is 16.9 Å². The Morgan fingerprint density at radius 3 is 2.50 bits per heavy atom. The Bertz CT molecular complexity index is 1280. The van der Waals surface area contributed by atoms with Crippen LogP contribution in [0.25, 0.3) is 28.2 Å². The summed E-state index contributed by atoms with van der Waals surface area (Å²) in [5.41, 5.74) is 1.20. The van der Waals surface area contributed by atoms with Crippen molar-refractivity contribution < 1.29 is 10.2 Å². The van der Waals surface area contributed by atoms with Gasteiger partial charge < -0.3 is 14.8 Å². The van der Waals surface area contributed by atoms with Gasteiger partial charge in [0.05, 0.1) is 24.9 Å². The van der Waals surface area contributed by atoms with Gasteiger partial charge in [-0.1, -0.05) is 30.3 Å². The molecular formula is C19H21N5O4. The second-order valence-electron chi connectivity index (χ2n) is 6.82. The average Bonchev–Trinajstić information content (AvgIpc) is 3.21. The van der Waals surface area contributed by atoms with Crippen molar-refractivity contribution in [3.05, 3.63) is 57.4 Å². The molecule has 9 heteroatoms. The molecule has 0 radical (unpaired) electrons. The summed E-state index contributed by atoms with van der Waals surface area (Å²) in [6, 6.07) is 9.60. The smallest absolute Gasteiger partial charge is 0.332 e. The molecule has 4 aromatic rings. The van der Waals surface area contributed by atoms with E-state index < -0.39 is 17.4 Å². The number of fused-ring (bicyclic) bond motifs is 3. The van der Waals surface area contributed by atoms with Crippen LogP contribution in [0.4, 0.5) is 0 Å². The molecule has 9 nitrogen and oxygen atoms in total. The van der Waals surface area contributed by atoms with Crippen molar-refractivity contribution in [2.75, 3.05) is 6.61 Å². The van der Waals surface area contributed by atoms with Crippen LogP contribution in [0.3, 0.4) is 0 Å². The van der Waals surface area contributed by atoms with E-state index in [0.717, 1.165) is 15.8 Å². The molecule has 0 bridgehead atoms. The van der Waals surface area contributed by atoms with Crippen LogP contribution in [0, 0.1) is 0 Å². The fourth-order valence-corrected chi connectivity index (χ4v) is 3.53. The normalized spacial score (nSPS) is 12.9. The Kier molecular flexibility index (Phi) is 4.40. The number of hydrogen-bond acceptors (Lipinski definition) is 5. The van der Waals surface area contributed by atoms with Gasteiger partial charge in [-0.2, -0.15) is 4.98 Å². The number of nitrogens with zero attached hydrogens (tertiary/aromatic N) is 5. The summed E-state index contributed by atoms with van der Waals surface area (Å²) in [6.45, 7) is 1.61. The summed E-state index contributed by atoms with van der Waals surface area (Å²) in [7, 11) is 1.55. The highest BCUT2D eigenvalue weighted by Gasteiger charge is 2.21.